The maximum atomic E-state index is 13.8. The largest absolute Gasteiger partial charge is 0.396 e. The Labute approximate surface area is 108 Å². The van der Waals surface area contributed by atoms with Crippen molar-refractivity contribution in [3.05, 3.63) is 66.0 Å². The molecule has 3 N–H and O–H groups in total. The first-order valence-corrected chi connectivity index (χ1v) is 5.44. The predicted octanol–water partition coefficient (Wildman–Crippen LogP) is 3.77. The van der Waals surface area contributed by atoms with Crippen molar-refractivity contribution in [2.24, 2.45) is 0 Å². The third-order valence-electron chi connectivity index (χ3n) is 2.56. The SMILES string of the molecule is C=C(Nc1ccc(F)cc1)c1c(F)ccc(N)c1F. The van der Waals surface area contributed by atoms with Gasteiger partial charge in [-0.2, -0.15) is 0 Å². The zero-order valence-corrected chi connectivity index (χ0v) is 9.88. The molecule has 0 aliphatic rings. The molecule has 0 aromatic heterocycles. The van der Waals surface area contributed by atoms with Crippen LogP contribution < -0.4 is 11.1 Å². The summed E-state index contributed by atoms with van der Waals surface area (Å²) in [6.45, 7) is 3.57. The zero-order valence-electron chi connectivity index (χ0n) is 9.88. The van der Waals surface area contributed by atoms with Gasteiger partial charge >= 0.3 is 0 Å². The van der Waals surface area contributed by atoms with Crippen molar-refractivity contribution in [3.8, 4) is 0 Å². The maximum absolute atomic E-state index is 13.8. The number of hydrogen-bond acceptors (Lipinski definition) is 2. The van der Waals surface area contributed by atoms with Crippen LogP contribution in [0.25, 0.3) is 5.70 Å². The number of anilines is 2. The Kier molecular flexibility index (Phi) is 3.46. The minimum absolute atomic E-state index is 0.00825. The molecule has 0 unspecified atom stereocenters. The molecule has 0 spiro atoms. The van der Waals surface area contributed by atoms with E-state index in [2.05, 4.69) is 11.9 Å². The Balaban J connectivity index is 2.30. The van der Waals surface area contributed by atoms with Gasteiger partial charge in [0.05, 0.1) is 11.3 Å². The zero-order chi connectivity index (χ0) is 14.0. The maximum Gasteiger partial charge on any atom is 0.158 e. The van der Waals surface area contributed by atoms with Crippen molar-refractivity contribution >= 4 is 17.1 Å². The average Bonchev–Trinajstić information content (AvgIpc) is 2.37. The molecule has 2 nitrogen and oxygen atoms in total. The van der Waals surface area contributed by atoms with Crippen molar-refractivity contribution in [2.75, 3.05) is 11.1 Å². The molecule has 5 heteroatoms. The van der Waals surface area contributed by atoms with E-state index in [1.165, 1.54) is 24.3 Å². The molecule has 0 aliphatic heterocycles. The highest BCUT2D eigenvalue weighted by Gasteiger charge is 2.15. The molecule has 0 radical (unpaired) electrons. The number of nitrogens with two attached hydrogens (primary N) is 1. The van der Waals surface area contributed by atoms with Crippen molar-refractivity contribution in [2.45, 2.75) is 0 Å². The van der Waals surface area contributed by atoms with Crippen LogP contribution in [-0.4, -0.2) is 0 Å². The number of rotatable bonds is 3. The number of halogens is 3. The van der Waals surface area contributed by atoms with E-state index in [4.69, 9.17) is 5.73 Å². The minimum Gasteiger partial charge on any atom is -0.396 e. The molecule has 0 aliphatic carbocycles. The Morgan fingerprint density at radius 1 is 1.00 bits per heavy atom. The van der Waals surface area contributed by atoms with Crippen LogP contribution >= 0.6 is 0 Å². The van der Waals surface area contributed by atoms with E-state index < -0.39 is 17.5 Å². The topological polar surface area (TPSA) is 38.0 Å². The van der Waals surface area contributed by atoms with Gasteiger partial charge in [0.25, 0.3) is 0 Å². The number of nitrogen functional groups attached to an aromatic ring is 1. The first-order valence-electron chi connectivity index (χ1n) is 5.44. The van der Waals surface area contributed by atoms with E-state index in [0.29, 0.717) is 5.69 Å². The van der Waals surface area contributed by atoms with Crippen LogP contribution in [-0.2, 0) is 0 Å². The normalized spacial score (nSPS) is 10.3. The van der Waals surface area contributed by atoms with E-state index in [0.717, 1.165) is 12.1 Å². The lowest BCUT2D eigenvalue weighted by atomic mass is 10.1. The van der Waals surface area contributed by atoms with E-state index in [1.54, 1.807) is 0 Å². The van der Waals surface area contributed by atoms with Gasteiger partial charge < -0.3 is 11.1 Å². The second-order valence-electron chi connectivity index (χ2n) is 3.94. The molecule has 0 heterocycles. The van der Waals surface area contributed by atoms with E-state index in [1.807, 2.05) is 0 Å². The predicted molar refractivity (Wildman–Crippen MR) is 69.8 cm³/mol. The molecule has 2 aromatic rings. The van der Waals surface area contributed by atoms with Crippen LogP contribution in [0.4, 0.5) is 24.5 Å². The van der Waals surface area contributed by atoms with Gasteiger partial charge in [0.1, 0.15) is 11.6 Å². The minimum atomic E-state index is -0.875. The summed E-state index contributed by atoms with van der Waals surface area (Å²) in [6, 6.07) is 7.51. The summed E-state index contributed by atoms with van der Waals surface area (Å²) in [7, 11) is 0. The first kappa shape index (κ1) is 13.0. The molecule has 0 bridgehead atoms. The summed E-state index contributed by atoms with van der Waals surface area (Å²) in [5, 5.41) is 2.70. The molecule has 2 rings (SSSR count). The quantitative estimate of drug-likeness (QED) is 0.828. The summed E-state index contributed by atoms with van der Waals surface area (Å²) in [6.07, 6.45) is 0. The van der Waals surface area contributed by atoms with Gasteiger partial charge in [0, 0.05) is 11.4 Å². The van der Waals surface area contributed by atoms with Gasteiger partial charge in [-0.25, -0.2) is 13.2 Å². The van der Waals surface area contributed by atoms with Crippen molar-refractivity contribution in [1.29, 1.82) is 0 Å². The molecule has 19 heavy (non-hydrogen) atoms. The Morgan fingerprint density at radius 3 is 2.26 bits per heavy atom. The van der Waals surface area contributed by atoms with Gasteiger partial charge in [-0.15, -0.1) is 0 Å². The smallest absolute Gasteiger partial charge is 0.158 e. The summed E-state index contributed by atoms with van der Waals surface area (Å²) >= 11 is 0. The number of benzene rings is 2. The van der Waals surface area contributed by atoms with Crippen LogP contribution in [0.5, 0.6) is 0 Å². The molecular weight excluding hydrogens is 253 g/mol. The fourth-order valence-electron chi connectivity index (χ4n) is 1.62. The van der Waals surface area contributed by atoms with Gasteiger partial charge in [0.15, 0.2) is 5.82 Å². The number of hydrogen-bond donors (Lipinski definition) is 2. The fourth-order valence-corrected chi connectivity index (χ4v) is 1.62. The molecule has 0 saturated carbocycles. The molecule has 0 amide bonds. The van der Waals surface area contributed by atoms with Crippen LogP contribution in [0.3, 0.4) is 0 Å². The van der Waals surface area contributed by atoms with Gasteiger partial charge in [-0.1, -0.05) is 6.58 Å². The van der Waals surface area contributed by atoms with Crippen LogP contribution in [0.15, 0.2) is 43.0 Å². The summed E-state index contributed by atoms with van der Waals surface area (Å²) in [5.74, 6) is -2.05. The van der Waals surface area contributed by atoms with Gasteiger partial charge in [-0.3, -0.25) is 0 Å². The molecule has 0 atom stereocenters. The lowest BCUT2D eigenvalue weighted by Crippen LogP contribution is -2.05. The van der Waals surface area contributed by atoms with Crippen LogP contribution in [0.1, 0.15) is 5.56 Å². The lowest BCUT2D eigenvalue weighted by molar-refractivity contribution is 0.580. The summed E-state index contributed by atoms with van der Waals surface area (Å²) < 4.78 is 40.1. The first-order chi connectivity index (χ1) is 8.99. The Morgan fingerprint density at radius 2 is 1.63 bits per heavy atom. The molecule has 0 saturated heterocycles. The highest BCUT2D eigenvalue weighted by Crippen LogP contribution is 2.26. The molecule has 2 aromatic carbocycles. The fraction of sp³-hybridized carbons (Fsp3) is 0. The molecule has 98 valence electrons. The highest BCUT2D eigenvalue weighted by atomic mass is 19.1. The second-order valence-corrected chi connectivity index (χ2v) is 3.94. The molecular formula is C14H11F3N2. The monoisotopic (exact) mass is 264 g/mol. The standard InChI is InChI=1S/C14H11F3N2/c1-8(19-10-4-2-9(15)3-5-10)13-11(16)6-7-12(18)14(13)17/h2-7,19H,1,18H2. The van der Waals surface area contributed by atoms with E-state index >= 15 is 0 Å². The third-order valence-corrected chi connectivity index (χ3v) is 2.56. The number of nitrogens with one attached hydrogen (secondary N) is 1. The van der Waals surface area contributed by atoms with Gasteiger partial charge in [0.2, 0.25) is 0 Å². The third kappa shape index (κ3) is 2.70. The highest BCUT2D eigenvalue weighted by molar-refractivity contribution is 5.77. The van der Waals surface area contributed by atoms with E-state index in [9.17, 15) is 13.2 Å². The van der Waals surface area contributed by atoms with Crippen molar-refractivity contribution < 1.29 is 13.2 Å². The Bertz CT molecular complexity index is 621. The average molecular weight is 264 g/mol. The lowest BCUT2D eigenvalue weighted by Gasteiger charge is -2.12. The van der Waals surface area contributed by atoms with Crippen molar-refractivity contribution in [3.63, 3.8) is 0 Å². The van der Waals surface area contributed by atoms with E-state index in [-0.39, 0.29) is 16.9 Å². The Hall–Kier alpha value is -2.43. The molecule has 0 fully saturated rings. The summed E-state index contributed by atoms with van der Waals surface area (Å²) in [5.41, 5.74) is 5.36. The van der Waals surface area contributed by atoms with Gasteiger partial charge in [-0.05, 0) is 36.4 Å². The second kappa shape index (κ2) is 5.06. The summed E-state index contributed by atoms with van der Waals surface area (Å²) in [4.78, 5) is 0. The van der Waals surface area contributed by atoms with Crippen LogP contribution in [0.2, 0.25) is 0 Å². The van der Waals surface area contributed by atoms with Crippen molar-refractivity contribution in [1.82, 2.24) is 0 Å². The van der Waals surface area contributed by atoms with Crippen LogP contribution in [0, 0.1) is 17.5 Å².